The van der Waals surface area contributed by atoms with Crippen molar-refractivity contribution in [3.63, 3.8) is 0 Å². The van der Waals surface area contributed by atoms with Gasteiger partial charge in [-0.25, -0.2) is 9.78 Å². The number of hydrogen-bond donors (Lipinski definition) is 1. The number of rotatable bonds is 3. The van der Waals surface area contributed by atoms with E-state index in [0.717, 1.165) is 6.07 Å². The van der Waals surface area contributed by atoms with Crippen LogP contribution < -0.4 is 5.73 Å². The molecular weight excluding hydrogens is 249 g/mol. The highest BCUT2D eigenvalue weighted by molar-refractivity contribution is 5.91. The van der Waals surface area contributed by atoms with Crippen LogP contribution in [0.5, 0.6) is 0 Å². The van der Waals surface area contributed by atoms with Gasteiger partial charge < -0.3 is 10.5 Å². The minimum Gasteiger partial charge on any atom is -0.462 e. The van der Waals surface area contributed by atoms with E-state index in [9.17, 15) is 18.0 Å². The number of aromatic nitrogens is 1. The number of nitrogens with two attached hydrogens (primary N) is 1. The molecule has 1 rings (SSSR count). The Balaban J connectivity index is 3.40. The molecule has 0 spiro atoms. The van der Waals surface area contributed by atoms with Crippen molar-refractivity contribution in [2.24, 2.45) is 5.73 Å². The molecule has 100 valence electrons. The lowest BCUT2D eigenvalue weighted by atomic mass is 10.1. The Morgan fingerprint density at radius 2 is 2.11 bits per heavy atom. The maximum Gasteiger partial charge on any atom is 0.434 e. The second-order valence-electron chi connectivity index (χ2n) is 3.55. The molecule has 0 bridgehead atoms. The molecule has 0 amide bonds. The van der Waals surface area contributed by atoms with Crippen LogP contribution in [0.4, 0.5) is 13.2 Å². The monoisotopic (exact) mass is 262 g/mol. The van der Waals surface area contributed by atoms with Gasteiger partial charge in [-0.2, -0.15) is 13.2 Å². The molecule has 7 heteroatoms. The zero-order valence-corrected chi connectivity index (χ0v) is 9.97. The molecule has 0 radical (unpaired) electrons. The normalized spacial score (nSPS) is 11.4. The SMILES string of the molecule is CCOC(=O)c1cc(CN)c(C)nc1C(F)(F)F. The lowest BCUT2D eigenvalue weighted by Gasteiger charge is -2.14. The smallest absolute Gasteiger partial charge is 0.434 e. The highest BCUT2D eigenvalue weighted by atomic mass is 19.4. The average Bonchev–Trinajstić information content (AvgIpc) is 2.27. The molecule has 0 saturated carbocycles. The number of esters is 1. The summed E-state index contributed by atoms with van der Waals surface area (Å²) in [5, 5.41) is 0. The van der Waals surface area contributed by atoms with Gasteiger partial charge in [-0.15, -0.1) is 0 Å². The maximum absolute atomic E-state index is 12.8. The predicted molar refractivity (Wildman–Crippen MR) is 57.8 cm³/mol. The molecule has 0 aromatic carbocycles. The number of ether oxygens (including phenoxy) is 1. The summed E-state index contributed by atoms with van der Waals surface area (Å²) >= 11 is 0. The fourth-order valence-electron chi connectivity index (χ4n) is 1.43. The fraction of sp³-hybridized carbons (Fsp3) is 0.455. The van der Waals surface area contributed by atoms with Gasteiger partial charge in [0.2, 0.25) is 0 Å². The Morgan fingerprint density at radius 3 is 2.56 bits per heavy atom. The molecule has 0 unspecified atom stereocenters. The Labute approximate surface area is 102 Å². The van der Waals surface area contributed by atoms with Crippen molar-refractivity contribution in [1.29, 1.82) is 0 Å². The van der Waals surface area contributed by atoms with Crippen molar-refractivity contribution >= 4 is 5.97 Å². The van der Waals surface area contributed by atoms with E-state index in [-0.39, 0.29) is 18.8 Å². The number of pyridine rings is 1. The molecule has 0 aliphatic heterocycles. The van der Waals surface area contributed by atoms with Gasteiger partial charge in [-0.1, -0.05) is 0 Å². The largest absolute Gasteiger partial charge is 0.462 e. The first-order valence-corrected chi connectivity index (χ1v) is 5.26. The van der Waals surface area contributed by atoms with E-state index in [0.29, 0.717) is 5.56 Å². The Morgan fingerprint density at radius 1 is 1.50 bits per heavy atom. The van der Waals surface area contributed by atoms with E-state index in [2.05, 4.69) is 9.72 Å². The van der Waals surface area contributed by atoms with Crippen molar-refractivity contribution in [2.75, 3.05) is 6.61 Å². The summed E-state index contributed by atoms with van der Waals surface area (Å²) in [6.45, 7) is 2.91. The van der Waals surface area contributed by atoms with Crippen LogP contribution >= 0.6 is 0 Å². The van der Waals surface area contributed by atoms with Crippen molar-refractivity contribution in [2.45, 2.75) is 26.6 Å². The van der Waals surface area contributed by atoms with Gasteiger partial charge in [0.25, 0.3) is 0 Å². The molecular formula is C11H13F3N2O2. The number of aryl methyl sites for hydroxylation is 1. The summed E-state index contributed by atoms with van der Waals surface area (Å²) in [4.78, 5) is 14.9. The predicted octanol–water partition coefficient (Wildman–Crippen LogP) is 2.04. The number of carbonyl (C=O) groups is 1. The van der Waals surface area contributed by atoms with Gasteiger partial charge >= 0.3 is 12.1 Å². The first-order valence-electron chi connectivity index (χ1n) is 5.26. The van der Waals surface area contributed by atoms with E-state index in [1.807, 2.05) is 0 Å². The van der Waals surface area contributed by atoms with Crippen LogP contribution in [0.2, 0.25) is 0 Å². The minimum absolute atomic E-state index is 0.00335. The Kier molecular flexibility index (Phi) is 4.28. The molecule has 1 aromatic heterocycles. The third kappa shape index (κ3) is 2.98. The van der Waals surface area contributed by atoms with E-state index < -0.39 is 23.4 Å². The second-order valence-corrected chi connectivity index (χ2v) is 3.55. The summed E-state index contributed by atoms with van der Waals surface area (Å²) in [6.07, 6.45) is -4.71. The molecule has 1 aromatic rings. The number of hydrogen-bond acceptors (Lipinski definition) is 4. The zero-order chi connectivity index (χ0) is 13.9. The topological polar surface area (TPSA) is 65.2 Å². The summed E-state index contributed by atoms with van der Waals surface area (Å²) in [5.74, 6) is -1.05. The second kappa shape index (κ2) is 5.34. The van der Waals surface area contributed by atoms with Crippen molar-refractivity contribution < 1.29 is 22.7 Å². The van der Waals surface area contributed by atoms with Crippen LogP contribution in [0.15, 0.2) is 6.07 Å². The van der Waals surface area contributed by atoms with E-state index in [1.165, 1.54) is 13.8 Å². The first-order chi connectivity index (χ1) is 8.31. The van der Waals surface area contributed by atoms with Crippen molar-refractivity contribution in [3.8, 4) is 0 Å². The summed E-state index contributed by atoms with van der Waals surface area (Å²) < 4.78 is 42.9. The van der Waals surface area contributed by atoms with Crippen LogP contribution in [-0.2, 0) is 17.5 Å². The molecule has 0 saturated heterocycles. The quantitative estimate of drug-likeness (QED) is 0.846. The highest BCUT2D eigenvalue weighted by Crippen LogP contribution is 2.31. The fourth-order valence-corrected chi connectivity index (χ4v) is 1.43. The number of alkyl halides is 3. The van der Waals surface area contributed by atoms with Gasteiger partial charge in [0, 0.05) is 12.2 Å². The maximum atomic E-state index is 12.8. The molecule has 0 atom stereocenters. The van der Waals surface area contributed by atoms with Crippen molar-refractivity contribution in [1.82, 2.24) is 4.98 Å². The van der Waals surface area contributed by atoms with E-state index in [4.69, 9.17) is 5.73 Å². The van der Waals surface area contributed by atoms with Gasteiger partial charge in [0.05, 0.1) is 12.2 Å². The zero-order valence-electron chi connectivity index (χ0n) is 9.97. The van der Waals surface area contributed by atoms with E-state index in [1.54, 1.807) is 0 Å². The van der Waals surface area contributed by atoms with Crippen LogP contribution in [0.3, 0.4) is 0 Å². The molecule has 0 aliphatic rings. The summed E-state index contributed by atoms with van der Waals surface area (Å²) in [6, 6.07) is 1.09. The van der Waals surface area contributed by atoms with Crippen LogP contribution in [0.25, 0.3) is 0 Å². The van der Waals surface area contributed by atoms with Gasteiger partial charge in [-0.3, -0.25) is 0 Å². The number of halogens is 3. The van der Waals surface area contributed by atoms with Crippen LogP contribution in [0.1, 0.15) is 34.2 Å². The molecule has 4 nitrogen and oxygen atoms in total. The number of carbonyl (C=O) groups excluding carboxylic acids is 1. The number of nitrogens with zero attached hydrogens (tertiary/aromatic N) is 1. The standard InChI is InChI=1S/C11H13F3N2O2/c1-3-18-10(17)8-4-7(5-15)6(2)16-9(8)11(12,13)14/h4H,3,5,15H2,1-2H3. The van der Waals surface area contributed by atoms with Crippen LogP contribution in [0, 0.1) is 6.92 Å². The summed E-state index contributed by atoms with van der Waals surface area (Å²) in [5.41, 5.74) is 4.07. The average molecular weight is 262 g/mol. The lowest BCUT2D eigenvalue weighted by molar-refractivity contribution is -0.141. The minimum atomic E-state index is -4.71. The molecule has 18 heavy (non-hydrogen) atoms. The first kappa shape index (κ1) is 14.4. The van der Waals surface area contributed by atoms with E-state index >= 15 is 0 Å². The molecule has 2 N–H and O–H groups in total. The van der Waals surface area contributed by atoms with Crippen molar-refractivity contribution in [3.05, 3.63) is 28.6 Å². The Bertz CT molecular complexity index is 458. The third-order valence-electron chi connectivity index (χ3n) is 2.30. The summed E-state index contributed by atoms with van der Waals surface area (Å²) in [7, 11) is 0. The lowest BCUT2D eigenvalue weighted by Crippen LogP contribution is -2.19. The van der Waals surface area contributed by atoms with Gasteiger partial charge in [0.15, 0.2) is 5.69 Å². The molecule has 0 aliphatic carbocycles. The highest BCUT2D eigenvalue weighted by Gasteiger charge is 2.38. The van der Waals surface area contributed by atoms with Crippen LogP contribution in [-0.4, -0.2) is 17.6 Å². The Hall–Kier alpha value is -1.63. The molecule has 0 fully saturated rings. The van der Waals surface area contributed by atoms with Gasteiger partial charge in [-0.05, 0) is 25.5 Å². The molecule has 1 heterocycles. The van der Waals surface area contributed by atoms with Gasteiger partial charge in [0.1, 0.15) is 0 Å². The third-order valence-corrected chi connectivity index (χ3v) is 2.30.